The van der Waals surface area contributed by atoms with Gasteiger partial charge < -0.3 is 10.6 Å². The van der Waals surface area contributed by atoms with Crippen molar-refractivity contribution in [1.29, 1.82) is 5.26 Å². The lowest BCUT2D eigenvalue weighted by Crippen LogP contribution is -2.29. The summed E-state index contributed by atoms with van der Waals surface area (Å²) < 4.78 is 0. The zero-order valence-electron chi connectivity index (χ0n) is 8.96. The van der Waals surface area contributed by atoms with Gasteiger partial charge >= 0.3 is 0 Å². The molecule has 3 nitrogen and oxygen atoms in total. The topological polar surface area (TPSA) is 47.9 Å². The first-order valence-corrected chi connectivity index (χ1v) is 5.84. The molecule has 0 saturated carbocycles. The van der Waals surface area contributed by atoms with Crippen LogP contribution in [0.2, 0.25) is 5.02 Å². The molecule has 1 atom stereocenters. The highest BCUT2D eigenvalue weighted by Crippen LogP contribution is 2.23. The van der Waals surface area contributed by atoms with E-state index in [1.54, 1.807) is 18.2 Å². The van der Waals surface area contributed by atoms with E-state index in [4.69, 9.17) is 16.9 Å². The molecule has 1 fully saturated rings. The van der Waals surface area contributed by atoms with Crippen LogP contribution in [-0.2, 0) is 0 Å². The first kappa shape index (κ1) is 11.3. The summed E-state index contributed by atoms with van der Waals surface area (Å²) in [6.07, 6.45) is 2.43. The summed E-state index contributed by atoms with van der Waals surface area (Å²) in [6, 6.07) is 7.89. The maximum Gasteiger partial charge on any atom is 0.0992 e. The molecule has 2 rings (SSSR count). The first-order valence-electron chi connectivity index (χ1n) is 5.46. The number of nitrogens with zero attached hydrogens (tertiary/aromatic N) is 1. The van der Waals surface area contributed by atoms with Gasteiger partial charge in [0.1, 0.15) is 0 Å². The van der Waals surface area contributed by atoms with Gasteiger partial charge in [0.25, 0.3) is 0 Å². The van der Waals surface area contributed by atoms with Crippen LogP contribution < -0.4 is 10.6 Å². The lowest BCUT2D eigenvalue weighted by Gasteiger charge is -2.13. The van der Waals surface area contributed by atoms with Gasteiger partial charge in [0.2, 0.25) is 0 Å². The fraction of sp³-hybridized carbons (Fsp3) is 0.417. The summed E-state index contributed by atoms with van der Waals surface area (Å²) in [7, 11) is 0. The van der Waals surface area contributed by atoms with Gasteiger partial charge in [0.05, 0.1) is 22.3 Å². The van der Waals surface area contributed by atoms with Crippen molar-refractivity contribution in [3.05, 3.63) is 28.8 Å². The fourth-order valence-electron chi connectivity index (χ4n) is 1.89. The summed E-state index contributed by atoms with van der Waals surface area (Å²) >= 11 is 6.05. The predicted octanol–water partition coefficient (Wildman–Crippen LogP) is 2.38. The Morgan fingerprint density at radius 3 is 3.12 bits per heavy atom. The van der Waals surface area contributed by atoms with Gasteiger partial charge in [-0.15, -0.1) is 0 Å². The summed E-state index contributed by atoms with van der Waals surface area (Å²) in [4.78, 5) is 0. The third kappa shape index (κ3) is 2.66. The molecule has 0 aromatic heterocycles. The number of nitriles is 1. The van der Waals surface area contributed by atoms with Gasteiger partial charge in [0.15, 0.2) is 0 Å². The monoisotopic (exact) mass is 235 g/mol. The molecule has 1 saturated heterocycles. The molecule has 0 aliphatic carbocycles. The molecule has 1 aliphatic rings. The summed E-state index contributed by atoms with van der Waals surface area (Å²) in [6.45, 7) is 1.95. The lowest BCUT2D eigenvalue weighted by atomic mass is 10.2. The smallest absolute Gasteiger partial charge is 0.0992 e. The van der Waals surface area contributed by atoms with E-state index >= 15 is 0 Å². The van der Waals surface area contributed by atoms with Gasteiger partial charge in [0, 0.05) is 12.6 Å². The zero-order chi connectivity index (χ0) is 11.4. The second-order valence-electron chi connectivity index (χ2n) is 3.98. The largest absolute Gasteiger partial charge is 0.382 e. The Balaban J connectivity index is 2.00. The van der Waals surface area contributed by atoms with E-state index in [-0.39, 0.29) is 0 Å². The molecule has 0 radical (unpaired) electrons. The molecule has 1 aliphatic heterocycles. The Kier molecular flexibility index (Phi) is 3.66. The highest BCUT2D eigenvalue weighted by Gasteiger charge is 2.13. The predicted molar refractivity (Wildman–Crippen MR) is 65.7 cm³/mol. The van der Waals surface area contributed by atoms with Crippen LogP contribution in [0.1, 0.15) is 18.4 Å². The second-order valence-corrected chi connectivity index (χ2v) is 4.39. The third-order valence-corrected chi connectivity index (χ3v) is 3.13. The molecule has 1 unspecified atom stereocenters. The van der Waals surface area contributed by atoms with Crippen LogP contribution in [0.5, 0.6) is 0 Å². The van der Waals surface area contributed by atoms with E-state index in [9.17, 15) is 0 Å². The van der Waals surface area contributed by atoms with E-state index in [0.29, 0.717) is 16.6 Å². The molecular weight excluding hydrogens is 222 g/mol. The number of benzene rings is 1. The molecule has 0 amide bonds. The Labute approximate surface area is 100 Å². The minimum Gasteiger partial charge on any atom is -0.382 e. The Morgan fingerprint density at radius 1 is 1.56 bits per heavy atom. The molecule has 0 spiro atoms. The number of hydrogen-bond donors (Lipinski definition) is 2. The average Bonchev–Trinajstić information content (AvgIpc) is 2.81. The van der Waals surface area contributed by atoms with Crippen LogP contribution in [0.3, 0.4) is 0 Å². The number of rotatable bonds is 3. The SMILES string of the molecule is N#Cc1ccc(Cl)c(NCC2CCCN2)c1. The van der Waals surface area contributed by atoms with Gasteiger partial charge in [-0.1, -0.05) is 11.6 Å². The Morgan fingerprint density at radius 2 is 2.44 bits per heavy atom. The molecule has 16 heavy (non-hydrogen) atoms. The van der Waals surface area contributed by atoms with E-state index in [1.165, 1.54) is 12.8 Å². The van der Waals surface area contributed by atoms with Crippen molar-refractivity contribution in [2.45, 2.75) is 18.9 Å². The Bertz CT molecular complexity index is 405. The van der Waals surface area contributed by atoms with Crippen molar-refractivity contribution in [3.8, 4) is 6.07 Å². The highest BCUT2D eigenvalue weighted by atomic mass is 35.5. The van der Waals surface area contributed by atoms with Gasteiger partial charge in [-0.2, -0.15) is 5.26 Å². The van der Waals surface area contributed by atoms with Crippen molar-refractivity contribution in [3.63, 3.8) is 0 Å². The molecule has 0 bridgehead atoms. The zero-order valence-corrected chi connectivity index (χ0v) is 9.72. The lowest BCUT2D eigenvalue weighted by molar-refractivity contribution is 0.633. The molecule has 1 aromatic carbocycles. The molecule has 4 heteroatoms. The number of halogens is 1. The van der Waals surface area contributed by atoms with E-state index in [1.807, 2.05) is 0 Å². The average molecular weight is 236 g/mol. The minimum atomic E-state index is 0.516. The van der Waals surface area contributed by atoms with Gasteiger partial charge in [-0.3, -0.25) is 0 Å². The summed E-state index contributed by atoms with van der Waals surface area (Å²) in [5.74, 6) is 0. The van der Waals surface area contributed by atoms with E-state index in [2.05, 4.69) is 16.7 Å². The fourth-order valence-corrected chi connectivity index (χ4v) is 2.08. The Hall–Kier alpha value is -1.24. The van der Waals surface area contributed by atoms with E-state index < -0.39 is 0 Å². The third-order valence-electron chi connectivity index (χ3n) is 2.80. The van der Waals surface area contributed by atoms with Gasteiger partial charge in [-0.05, 0) is 37.6 Å². The van der Waals surface area contributed by atoms with Crippen molar-refractivity contribution in [1.82, 2.24) is 5.32 Å². The van der Waals surface area contributed by atoms with Gasteiger partial charge in [-0.25, -0.2) is 0 Å². The minimum absolute atomic E-state index is 0.516. The summed E-state index contributed by atoms with van der Waals surface area (Å²) in [5.41, 5.74) is 1.47. The van der Waals surface area contributed by atoms with Crippen LogP contribution >= 0.6 is 11.6 Å². The second kappa shape index (κ2) is 5.20. The number of hydrogen-bond acceptors (Lipinski definition) is 3. The van der Waals surface area contributed by atoms with Crippen LogP contribution in [0.4, 0.5) is 5.69 Å². The van der Waals surface area contributed by atoms with Crippen molar-refractivity contribution < 1.29 is 0 Å². The molecular formula is C12H14ClN3. The highest BCUT2D eigenvalue weighted by molar-refractivity contribution is 6.33. The standard InChI is InChI=1S/C12H14ClN3/c13-11-4-3-9(7-14)6-12(11)16-8-10-2-1-5-15-10/h3-4,6,10,15-16H,1-2,5,8H2. The van der Waals surface area contributed by atoms with Crippen molar-refractivity contribution >= 4 is 17.3 Å². The molecule has 84 valence electrons. The van der Waals surface area contributed by atoms with Crippen LogP contribution in [0, 0.1) is 11.3 Å². The molecule has 2 N–H and O–H groups in total. The number of anilines is 1. The van der Waals surface area contributed by atoms with Crippen molar-refractivity contribution in [2.75, 3.05) is 18.4 Å². The maximum absolute atomic E-state index is 8.80. The van der Waals surface area contributed by atoms with Crippen molar-refractivity contribution in [2.24, 2.45) is 0 Å². The molecule has 1 heterocycles. The van der Waals surface area contributed by atoms with Crippen LogP contribution in [0.15, 0.2) is 18.2 Å². The maximum atomic E-state index is 8.80. The van der Waals surface area contributed by atoms with Crippen LogP contribution in [0.25, 0.3) is 0 Å². The normalized spacial score (nSPS) is 19.4. The quantitative estimate of drug-likeness (QED) is 0.846. The number of nitrogens with one attached hydrogen (secondary N) is 2. The van der Waals surface area contributed by atoms with Crippen LogP contribution in [-0.4, -0.2) is 19.1 Å². The molecule has 1 aromatic rings. The van der Waals surface area contributed by atoms with E-state index in [0.717, 1.165) is 18.8 Å². The first-order chi connectivity index (χ1) is 7.79. The summed E-state index contributed by atoms with van der Waals surface area (Å²) in [5, 5.41) is 16.2.